The van der Waals surface area contributed by atoms with Crippen LogP contribution in [0, 0.1) is 11.3 Å². The van der Waals surface area contributed by atoms with Crippen LogP contribution in [-0.4, -0.2) is 50.0 Å². The van der Waals surface area contributed by atoms with E-state index in [1.165, 1.54) is 0 Å². The molecule has 1 fully saturated rings. The SMILES string of the molecule is CNC(=O)N[C@H]1CC[C@H](c2nnc(-c3cnc(-c4ccc5cc(C#N)cnn45)cc3NC(C)C)s2)CC1. The van der Waals surface area contributed by atoms with E-state index in [-0.39, 0.29) is 18.1 Å². The minimum atomic E-state index is -0.126. The molecule has 190 valence electrons. The number of carbonyl (C=O) groups is 1. The summed E-state index contributed by atoms with van der Waals surface area (Å²) in [5.74, 6) is 0.346. The Morgan fingerprint density at radius 1 is 1.16 bits per heavy atom. The molecule has 3 N–H and O–H groups in total. The Hall–Kier alpha value is -4.04. The zero-order chi connectivity index (χ0) is 25.9. The van der Waals surface area contributed by atoms with Gasteiger partial charge in [-0.3, -0.25) is 4.98 Å². The second kappa shape index (κ2) is 10.5. The molecule has 0 aromatic carbocycles. The summed E-state index contributed by atoms with van der Waals surface area (Å²) >= 11 is 1.61. The summed E-state index contributed by atoms with van der Waals surface area (Å²) in [5, 5.41) is 33.7. The second-order valence-corrected chi connectivity index (χ2v) is 10.6. The molecular weight excluding hydrogens is 486 g/mol. The van der Waals surface area contributed by atoms with Crippen LogP contribution in [0.3, 0.4) is 0 Å². The summed E-state index contributed by atoms with van der Waals surface area (Å²) in [4.78, 5) is 16.4. The summed E-state index contributed by atoms with van der Waals surface area (Å²) in [7, 11) is 1.64. The molecule has 0 saturated heterocycles. The maximum Gasteiger partial charge on any atom is 0.314 e. The predicted molar refractivity (Wildman–Crippen MR) is 143 cm³/mol. The number of hydrogen-bond donors (Lipinski definition) is 3. The minimum Gasteiger partial charge on any atom is -0.382 e. The van der Waals surface area contributed by atoms with Crippen LogP contribution in [0.5, 0.6) is 0 Å². The summed E-state index contributed by atoms with van der Waals surface area (Å²) in [5.41, 5.74) is 4.83. The molecule has 11 heteroatoms. The number of aromatic nitrogens is 5. The third-order valence-electron chi connectivity index (χ3n) is 6.55. The van der Waals surface area contributed by atoms with Gasteiger partial charge >= 0.3 is 6.03 Å². The predicted octanol–water partition coefficient (Wildman–Crippen LogP) is 4.56. The lowest BCUT2D eigenvalue weighted by Gasteiger charge is -2.27. The molecule has 0 spiro atoms. The first kappa shape index (κ1) is 24.6. The highest BCUT2D eigenvalue weighted by Gasteiger charge is 2.26. The van der Waals surface area contributed by atoms with Crippen molar-refractivity contribution in [2.45, 2.75) is 57.5 Å². The zero-order valence-electron chi connectivity index (χ0n) is 21.0. The van der Waals surface area contributed by atoms with Gasteiger partial charge in [-0.2, -0.15) is 10.4 Å². The highest BCUT2D eigenvalue weighted by atomic mass is 32.1. The molecule has 0 radical (unpaired) electrons. The topological polar surface area (TPSA) is 133 Å². The first-order valence-electron chi connectivity index (χ1n) is 12.4. The van der Waals surface area contributed by atoms with Gasteiger partial charge in [0, 0.05) is 36.9 Å². The quantitative estimate of drug-likeness (QED) is 0.343. The standard InChI is InChI=1S/C26H29N9OS/c1-15(2)31-21-11-22(23-9-8-19-10-16(12-27)13-30-35(19)23)29-14-20(21)25-34-33-24(37-25)17-4-6-18(7-5-17)32-26(36)28-3/h8-11,13-15,17-18H,4-7H2,1-3H3,(H,29,31)(H2,28,32,36)/t17-,18-. The molecule has 0 unspecified atom stereocenters. The summed E-state index contributed by atoms with van der Waals surface area (Å²) in [6.45, 7) is 4.19. The van der Waals surface area contributed by atoms with Crippen molar-refractivity contribution in [3.05, 3.63) is 47.2 Å². The maximum absolute atomic E-state index is 11.6. The molecule has 0 aliphatic heterocycles. The summed E-state index contributed by atoms with van der Waals surface area (Å²) in [6.07, 6.45) is 7.20. The molecule has 4 aromatic heterocycles. The number of pyridine rings is 1. The van der Waals surface area contributed by atoms with Crippen LogP contribution >= 0.6 is 11.3 Å². The highest BCUT2D eigenvalue weighted by molar-refractivity contribution is 7.14. The molecule has 1 aliphatic carbocycles. The largest absolute Gasteiger partial charge is 0.382 e. The fraction of sp³-hybridized carbons (Fsp3) is 0.385. The fourth-order valence-electron chi connectivity index (χ4n) is 4.70. The van der Waals surface area contributed by atoms with E-state index >= 15 is 0 Å². The summed E-state index contributed by atoms with van der Waals surface area (Å²) in [6, 6.07) is 10.1. The monoisotopic (exact) mass is 515 g/mol. The van der Waals surface area contributed by atoms with Crippen molar-refractivity contribution in [3.8, 4) is 28.0 Å². The Labute approximate surface area is 219 Å². The van der Waals surface area contributed by atoms with E-state index in [0.29, 0.717) is 11.5 Å². The van der Waals surface area contributed by atoms with Crippen molar-refractivity contribution in [1.82, 2.24) is 35.4 Å². The van der Waals surface area contributed by atoms with E-state index < -0.39 is 0 Å². The number of fused-ring (bicyclic) bond motifs is 1. The Morgan fingerprint density at radius 2 is 1.97 bits per heavy atom. The van der Waals surface area contributed by atoms with Gasteiger partial charge in [0.1, 0.15) is 11.1 Å². The number of urea groups is 1. The number of nitriles is 1. The molecule has 5 rings (SSSR count). The van der Waals surface area contributed by atoms with Crippen molar-refractivity contribution in [1.29, 1.82) is 5.26 Å². The van der Waals surface area contributed by atoms with Crippen LogP contribution in [0.1, 0.15) is 56.0 Å². The van der Waals surface area contributed by atoms with Crippen LogP contribution in [0.25, 0.3) is 27.5 Å². The van der Waals surface area contributed by atoms with Crippen LogP contribution in [0.4, 0.5) is 10.5 Å². The molecule has 37 heavy (non-hydrogen) atoms. The van der Waals surface area contributed by atoms with Crippen molar-refractivity contribution in [2.24, 2.45) is 0 Å². The zero-order valence-corrected chi connectivity index (χ0v) is 21.8. The number of carbonyl (C=O) groups excluding carboxylic acids is 1. The molecule has 0 atom stereocenters. The van der Waals surface area contributed by atoms with Crippen molar-refractivity contribution in [3.63, 3.8) is 0 Å². The van der Waals surface area contributed by atoms with E-state index in [2.05, 4.69) is 51.2 Å². The third kappa shape index (κ3) is 5.24. The number of nitrogens with one attached hydrogen (secondary N) is 3. The molecular formula is C26H29N9OS. The first-order valence-corrected chi connectivity index (χ1v) is 13.2. The van der Waals surface area contributed by atoms with Crippen LogP contribution in [0.15, 0.2) is 36.7 Å². The molecule has 10 nitrogen and oxygen atoms in total. The fourth-order valence-corrected chi connectivity index (χ4v) is 5.74. The van der Waals surface area contributed by atoms with E-state index in [1.807, 2.05) is 30.5 Å². The third-order valence-corrected chi connectivity index (χ3v) is 7.67. The Kier molecular flexibility index (Phi) is 7.01. The van der Waals surface area contributed by atoms with Gasteiger partial charge in [0.15, 0.2) is 5.01 Å². The molecule has 4 heterocycles. The van der Waals surface area contributed by atoms with Gasteiger partial charge in [-0.25, -0.2) is 9.31 Å². The molecule has 2 amide bonds. The van der Waals surface area contributed by atoms with Gasteiger partial charge < -0.3 is 16.0 Å². The van der Waals surface area contributed by atoms with Crippen molar-refractivity contribution < 1.29 is 4.79 Å². The van der Waals surface area contributed by atoms with Crippen molar-refractivity contribution >= 4 is 28.6 Å². The number of nitrogens with zero attached hydrogens (tertiary/aromatic N) is 6. The summed E-state index contributed by atoms with van der Waals surface area (Å²) < 4.78 is 1.79. The van der Waals surface area contributed by atoms with Crippen LogP contribution < -0.4 is 16.0 Å². The van der Waals surface area contributed by atoms with Gasteiger partial charge in [0.25, 0.3) is 0 Å². The normalized spacial score (nSPS) is 17.5. The highest BCUT2D eigenvalue weighted by Crippen LogP contribution is 2.39. The Morgan fingerprint density at radius 3 is 2.70 bits per heavy atom. The molecule has 1 aliphatic rings. The van der Waals surface area contributed by atoms with Crippen molar-refractivity contribution in [2.75, 3.05) is 12.4 Å². The van der Waals surface area contributed by atoms with E-state index in [9.17, 15) is 4.79 Å². The molecule has 4 aromatic rings. The van der Waals surface area contributed by atoms with Gasteiger partial charge in [-0.1, -0.05) is 11.3 Å². The average molecular weight is 516 g/mol. The Bertz CT molecular complexity index is 1460. The van der Waals surface area contributed by atoms with Gasteiger partial charge in [-0.05, 0) is 63.8 Å². The first-order chi connectivity index (χ1) is 17.9. The lowest BCUT2D eigenvalue weighted by atomic mass is 9.86. The lowest BCUT2D eigenvalue weighted by molar-refractivity contribution is 0.233. The Balaban J connectivity index is 1.40. The second-order valence-electron chi connectivity index (χ2n) is 9.54. The number of anilines is 1. The average Bonchev–Trinajstić information content (AvgIpc) is 3.56. The van der Waals surface area contributed by atoms with Crippen LogP contribution in [0.2, 0.25) is 0 Å². The molecule has 1 saturated carbocycles. The molecule has 0 bridgehead atoms. The number of amides is 2. The number of hydrogen-bond acceptors (Lipinski definition) is 8. The van der Waals surface area contributed by atoms with E-state index in [1.54, 1.807) is 29.1 Å². The smallest absolute Gasteiger partial charge is 0.314 e. The lowest BCUT2D eigenvalue weighted by Crippen LogP contribution is -2.42. The van der Waals surface area contributed by atoms with Gasteiger partial charge in [0.2, 0.25) is 0 Å². The van der Waals surface area contributed by atoms with E-state index in [4.69, 9.17) is 10.2 Å². The minimum absolute atomic E-state index is 0.126. The number of rotatable bonds is 6. The maximum atomic E-state index is 11.6. The van der Waals surface area contributed by atoms with Gasteiger partial charge in [0.05, 0.1) is 34.2 Å². The van der Waals surface area contributed by atoms with Gasteiger partial charge in [-0.15, -0.1) is 10.2 Å². The van der Waals surface area contributed by atoms with Crippen LogP contribution in [-0.2, 0) is 0 Å². The van der Waals surface area contributed by atoms with E-state index in [0.717, 1.165) is 63.9 Å².